The van der Waals surface area contributed by atoms with E-state index in [0.29, 0.717) is 37.7 Å². The van der Waals surface area contributed by atoms with Crippen LogP contribution < -0.4 is 15.6 Å². The summed E-state index contributed by atoms with van der Waals surface area (Å²) in [5, 5.41) is 13.5. The fourth-order valence-electron chi connectivity index (χ4n) is 3.94. The van der Waals surface area contributed by atoms with Gasteiger partial charge < -0.3 is 10.1 Å². The van der Waals surface area contributed by atoms with Crippen molar-refractivity contribution in [1.82, 2.24) is 9.47 Å². The average molecular weight is 551 g/mol. The molecule has 0 spiro atoms. The Morgan fingerprint density at radius 2 is 1.89 bits per heavy atom. The first-order valence-corrected chi connectivity index (χ1v) is 12.8. The van der Waals surface area contributed by atoms with Gasteiger partial charge in [0.2, 0.25) is 0 Å². The molecule has 1 aliphatic rings. The third kappa shape index (κ3) is 5.42. The van der Waals surface area contributed by atoms with E-state index in [-0.39, 0.29) is 18.0 Å². The van der Waals surface area contributed by atoms with E-state index < -0.39 is 5.56 Å². The Morgan fingerprint density at radius 3 is 2.54 bits per heavy atom. The number of methoxy groups -OCH3 is 1. The number of nitriles is 1. The fraction of sp³-hybridized carbons (Fsp3) is 0.185. The van der Waals surface area contributed by atoms with Crippen LogP contribution in [0, 0.1) is 18.3 Å². The van der Waals surface area contributed by atoms with E-state index in [4.69, 9.17) is 28.6 Å². The number of ether oxygens (including phenoxy) is 1. The number of pyridine rings is 1. The molecule has 2 heterocycles. The van der Waals surface area contributed by atoms with E-state index in [1.807, 2.05) is 48.5 Å². The van der Waals surface area contributed by atoms with E-state index in [1.165, 1.54) is 21.2 Å². The van der Waals surface area contributed by atoms with Crippen molar-refractivity contribution < 1.29 is 9.53 Å². The van der Waals surface area contributed by atoms with E-state index in [2.05, 4.69) is 5.32 Å². The second-order valence-electron chi connectivity index (χ2n) is 8.30. The maximum Gasteiger partial charge on any atom is 0.270 e. The van der Waals surface area contributed by atoms with Gasteiger partial charge >= 0.3 is 0 Å². The molecule has 0 aliphatic carbocycles. The number of amides is 1. The van der Waals surface area contributed by atoms with Crippen LogP contribution in [0.3, 0.4) is 0 Å². The minimum absolute atomic E-state index is 0.0234. The van der Waals surface area contributed by atoms with E-state index in [1.54, 1.807) is 33.2 Å². The Hall–Kier alpha value is -3.58. The molecule has 0 unspecified atom stereocenters. The molecule has 188 valence electrons. The number of halogens is 1. The van der Waals surface area contributed by atoms with Gasteiger partial charge in [0.15, 0.2) is 0 Å². The van der Waals surface area contributed by atoms with Gasteiger partial charge in [-0.15, -0.1) is 0 Å². The van der Waals surface area contributed by atoms with Crippen LogP contribution in [-0.2, 0) is 24.9 Å². The van der Waals surface area contributed by atoms with E-state index >= 15 is 0 Å². The molecule has 0 atom stereocenters. The van der Waals surface area contributed by atoms with Gasteiger partial charge in [-0.1, -0.05) is 65.9 Å². The smallest absolute Gasteiger partial charge is 0.270 e. The zero-order valence-corrected chi connectivity index (χ0v) is 22.8. The number of hydrogen-bond acceptors (Lipinski definition) is 7. The number of anilines is 1. The van der Waals surface area contributed by atoms with Gasteiger partial charge in [0, 0.05) is 24.2 Å². The number of carbonyl (C=O) groups excluding carboxylic acids is 1. The lowest BCUT2D eigenvalue weighted by Gasteiger charge is -2.18. The molecule has 3 aromatic rings. The first kappa shape index (κ1) is 26.5. The third-order valence-electron chi connectivity index (χ3n) is 6.05. The highest BCUT2D eigenvalue weighted by Crippen LogP contribution is 2.36. The largest absolute Gasteiger partial charge is 0.497 e. The summed E-state index contributed by atoms with van der Waals surface area (Å²) >= 11 is 13.0. The first-order valence-electron chi connectivity index (χ1n) is 11.2. The minimum atomic E-state index is -0.416. The normalized spacial score (nSPS) is 14.2. The molecule has 1 amide bonds. The van der Waals surface area contributed by atoms with Crippen LogP contribution in [0.1, 0.15) is 27.8 Å². The quantitative estimate of drug-likeness (QED) is 0.318. The lowest BCUT2D eigenvalue weighted by molar-refractivity contribution is -0.122. The van der Waals surface area contributed by atoms with Crippen molar-refractivity contribution in [1.29, 1.82) is 5.26 Å². The first-order chi connectivity index (χ1) is 17.7. The van der Waals surface area contributed by atoms with Crippen LogP contribution in [0.2, 0.25) is 5.02 Å². The van der Waals surface area contributed by atoms with Crippen molar-refractivity contribution in [2.45, 2.75) is 20.0 Å². The predicted octanol–water partition coefficient (Wildman–Crippen LogP) is 5.24. The van der Waals surface area contributed by atoms with E-state index in [9.17, 15) is 14.9 Å². The Kier molecular flexibility index (Phi) is 8.03. The topological polar surface area (TPSA) is 87.4 Å². The van der Waals surface area contributed by atoms with Crippen LogP contribution in [0.4, 0.5) is 5.82 Å². The van der Waals surface area contributed by atoms with Gasteiger partial charge in [0.1, 0.15) is 27.5 Å². The van der Waals surface area contributed by atoms with Crippen molar-refractivity contribution in [3.8, 4) is 11.8 Å². The minimum Gasteiger partial charge on any atom is -0.497 e. The highest BCUT2D eigenvalue weighted by Gasteiger charge is 2.33. The van der Waals surface area contributed by atoms with Gasteiger partial charge in [0.25, 0.3) is 11.5 Å². The van der Waals surface area contributed by atoms with Gasteiger partial charge in [-0.2, -0.15) is 5.26 Å². The van der Waals surface area contributed by atoms with Crippen molar-refractivity contribution in [2.24, 2.45) is 7.05 Å². The summed E-state index contributed by atoms with van der Waals surface area (Å²) in [6.07, 6.45) is 1.69. The van der Waals surface area contributed by atoms with Crippen LogP contribution >= 0.6 is 35.6 Å². The standard InChI is InChI=1S/C27H23ClN4O3S2/c1-16-20(12-23-26(34)32(27(36)37-23)15-18-6-4-5-7-22(18)28)24(31(2)25(33)21(16)13-29)30-14-17-8-10-19(35-3)11-9-17/h4-12,30H,14-15H2,1-3H3/b23-12+. The predicted molar refractivity (Wildman–Crippen MR) is 152 cm³/mol. The Morgan fingerprint density at radius 1 is 1.19 bits per heavy atom. The van der Waals surface area contributed by atoms with Crippen LogP contribution in [-0.4, -0.2) is 26.8 Å². The zero-order chi connectivity index (χ0) is 26.7. The molecular weight excluding hydrogens is 528 g/mol. The lowest BCUT2D eigenvalue weighted by Crippen LogP contribution is -2.27. The summed E-state index contributed by atoms with van der Waals surface area (Å²) in [6.45, 7) is 2.37. The number of nitrogens with zero attached hydrogens (tertiary/aromatic N) is 3. The van der Waals surface area contributed by atoms with Crippen molar-refractivity contribution >= 4 is 57.7 Å². The fourth-order valence-corrected chi connectivity index (χ4v) is 5.37. The Bertz CT molecular complexity index is 1520. The Balaban J connectivity index is 1.71. The number of thiocarbonyl (C=S) groups is 1. The summed E-state index contributed by atoms with van der Waals surface area (Å²) < 4.78 is 7.02. The maximum atomic E-state index is 13.3. The Labute approximate surface area is 229 Å². The molecule has 2 aromatic carbocycles. The second kappa shape index (κ2) is 11.2. The highest BCUT2D eigenvalue weighted by molar-refractivity contribution is 8.26. The number of nitrogens with one attached hydrogen (secondary N) is 1. The van der Waals surface area contributed by atoms with Gasteiger partial charge in [-0.05, 0) is 47.9 Å². The van der Waals surface area contributed by atoms with Gasteiger partial charge in [-0.3, -0.25) is 19.1 Å². The highest BCUT2D eigenvalue weighted by atomic mass is 35.5. The molecule has 10 heteroatoms. The molecule has 1 fully saturated rings. The summed E-state index contributed by atoms with van der Waals surface area (Å²) in [6, 6.07) is 16.8. The number of thioether (sulfide) groups is 1. The number of aromatic nitrogens is 1. The van der Waals surface area contributed by atoms with Gasteiger partial charge in [0.05, 0.1) is 18.6 Å². The van der Waals surface area contributed by atoms with Crippen LogP contribution in [0.25, 0.3) is 6.08 Å². The van der Waals surface area contributed by atoms with Crippen molar-refractivity contribution in [2.75, 3.05) is 12.4 Å². The molecule has 7 nitrogen and oxygen atoms in total. The average Bonchev–Trinajstić information content (AvgIpc) is 3.16. The maximum absolute atomic E-state index is 13.3. The zero-order valence-electron chi connectivity index (χ0n) is 20.4. The molecule has 0 saturated carbocycles. The summed E-state index contributed by atoms with van der Waals surface area (Å²) in [4.78, 5) is 28.1. The number of benzene rings is 2. The molecule has 0 bridgehead atoms. The van der Waals surface area contributed by atoms with E-state index in [0.717, 1.165) is 16.9 Å². The lowest BCUT2D eigenvalue weighted by atomic mass is 10.0. The third-order valence-corrected chi connectivity index (χ3v) is 7.80. The molecule has 0 radical (unpaired) electrons. The molecule has 1 aromatic heterocycles. The summed E-state index contributed by atoms with van der Waals surface area (Å²) in [7, 11) is 3.20. The van der Waals surface area contributed by atoms with Crippen molar-refractivity contribution in [3.05, 3.63) is 96.6 Å². The summed E-state index contributed by atoms with van der Waals surface area (Å²) in [5.41, 5.74) is 2.42. The molecule has 1 N–H and O–H groups in total. The molecule has 1 aliphatic heterocycles. The molecule has 4 rings (SSSR count). The number of hydrogen-bond donors (Lipinski definition) is 1. The second-order valence-corrected chi connectivity index (χ2v) is 10.4. The monoisotopic (exact) mass is 550 g/mol. The number of rotatable bonds is 7. The van der Waals surface area contributed by atoms with Crippen LogP contribution in [0.5, 0.6) is 5.75 Å². The van der Waals surface area contributed by atoms with Gasteiger partial charge in [-0.25, -0.2) is 0 Å². The molecular formula is C27H23ClN4O3S2. The van der Waals surface area contributed by atoms with Crippen molar-refractivity contribution in [3.63, 3.8) is 0 Å². The molecule has 37 heavy (non-hydrogen) atoms. The molecule has 1 saturated heterocycles. The SMILES string of the molecule is COc1ccc(CNc2c(/C=C3/SC(=S)N(Cc4ccccc4Cl)C3=O)c(C)c(C#N)c(=O)n2C)cc1. The van der Waals surface area contributed by atoms with Crippen LogP contribution in [0.15, 0.2) is 58.2 Å². The summed E-state index contributed by atoms with van der Waals surface area (Å²) in [5.74, 6) is 0.973. The number of carbonyl (C=O) groups is 1.